The van der Waals surface area contributed by atoms with Crippen molar-refractivity contribution in [2.24, 2.45) is 0 Å². The zero-order valence-electron chi connectivity index (χ0n) is 15.0. The van der Waals surface area contributed by atoms with Gasteiger partial charge < -0.3 is 24.3 Å². The highest BCUT2D eigenvalue weighted by Gasteiger charge is 2.31. The molecule has 14 heteroatoms. The minimum absolute atomic E-state index is 0.0927. The molecule has 0 radical (unpaired) electrons. The van der Waals surface area contributed by atoms with Crippen LogP contribution in [0.15, 0.2) is 36.7 Å². The molecule has 0 aliphatic carbocycles. The van der Waals surface area contributed by atoms with Gasteiger partial charge in [0.25, 0.3) is 0 Å². The molecule has 11 nitrogen and oxygen atoms in total. The highest BCUT2D eigenvalue weighted by atomic mass is 19.4. The Hall–Kier alpha value is -3.68. The Labute approximate surface area is 165 Å². The lowest BCUT2D eigenvalue weighted by Crippen LogP contribution is -2.32. The molecule has 2 aromatic heterocycles. The van der Waals surface area contributed by atoms with Crippen molar-refractivity contribution in [3.63, 3.8) is 0 Å². The van der Waals surface area contributed by atoms with Gasteiger partial charge in [-0.1, -0.05) is 5.21 Å². The van der Waals surface area contributed by atoms with Gasteiger partial charge >= 0.3 is 18.2 Å². The van der Waals surface area contributed by atoms with Gasteiger partial charge in [0.2, 0.25) is 0 Å². The fraction of sp³-hybridized carbons (Fsp3) is 0.312. The number of hydrogen-bond donors (Lipinski definition) is 0. The van der Waals surface area contributed by atoms with Crippen LogP contribution in [0.2, 0.25) is 0 Å². The summed E-state index contributed by atoms with van der Waals surface area (Å²) >= 11 is 0. The Morgan fingerprint density at radius 1 is 1.27 bits per heavy atom. The lowest BCUT2D eigenvalue weighted by molar-refractivity contribution is -0.389. The molecule has 1 atom stereocenters. The predicted octanol–water partition coefficient (Wildman–Crippen LogP) is 2.25. The van der Waals surface area contributed by atoms with Crippen molar-refractivity contribution in [1.82, 2.24) is 24.5 Å². The second-order valence-electron chi connectivity index (χ2n) is 6.23. The molecule has 30 heavy (non-hydrogen) atoms. The molecule has 158 valence electrons. The monoisotopic (exact) mass is 426 g/mol. The molecule has 4 rings (SSSR count). The molecule has 1 aliphatic rings. The normalized spacial score (nSPS) is 16.0. The van der Waals surface area contributed by atoms with E-state index in [1.165, 1.54) is 39.7 Å². The van der Waals surface area contributed by atoms with Gasteiger partial charge in [-0.05, 0) is 29.2 Å². The van der Waals surface area contributed by atoms with Crippen LogP contribution < -0.4 is 9.47 Å². The average Bonchev–Trinajstić information content (AvgIpc) is 3.32. The standard InChI is InChI=1S/C16H13F3N6O5/c17-16(18,19)30-12-3-1-11(2-4-12)24-5-10(21-22-24)8-28-13-6-23-7-14(25(26)27)20-15(23)29-9-13/h1-5,7,13H,6,8-9H2/t13-/m0/s1. The van der Waals surface area contributed by atoms with Crippen molar-refractivity contribution in [2.45, 2.75) is 25.6 Å². The van der Waals surface area contributed by atoms with E-state index >= 15 is 0 Å². The van der Waals surface area contributed by atoms with Crippen molar-refractivity contribution in [1.29, 1.82) is 0 Å². The molecule has 0 bridgehead atoms. The SMILES string of the molecule is O=[N+]([O-])c1cn2c(n1)OC[C@@H](OCc1cn(-c3ccc(OC(F)(F)F)cc3)nn1)C2. The number of fused-ring (bicyclic) bond motifs is 1. The summed E-state index contributed by atoms with van der Waals surface area (Å²) in [5, 5.41) is 18.7. The number of alkyl halides is 3. The van der Waals surface area contributed by atoms with E-state index in [1.54, 1.807) is 6.20 Å². The summed E-state index contributed by atoms with van der Waals surface area (Å²) in [7, 11) is 0. The molecular weight excluding hydrogens is 413 g/mol. The van der Waals surface area contributed by atoms with E-state index in [0.29, 0.717) is 17.9 Å². The molecule has 0 amide bonds. The van der Waals surface area contributed by atoms with Crippen LogP contribution in [0.1, 0.15) is 5.69 Å². The average molecular weight is 426 g/mol. The third-order valence-corrected chi connectivity index (χ3v) is 4.06. The maximum Gasteiger partial charge on any atom is 0.573 e. The van der Waals surface area contributed by atoms with Crippen molar-refractivity contribution in [2.75, 3.05) is 6.61 Å². The molecule has 0 fully saturated rings. The smallest absolute Gasteiger partial charge is 0.443 e. The molecule has 1 aliphatic heterocycles. The van der Waals surface area contributed by atoms with Crippen LogP contribution in [0.3, 0.4) is 0 Å². The van der Waals surface area contributed by atoms with E-state index in [4.69, 9.17) is 9.47 Å². The summed E-state index contributed by atoms with van der Waals surface area (Å²) in [5.41, 5.74) is 0.965. The minimum Gasteiger partial charge on any atom is -0.443 e. The Balaban J connectivity index is 1.34. The fourth-order valence-electron chi connectivity index (χ4n) is 2.75. The number of nitrogens with zero attached hydrogens (tertiary/aromatic N) is 6. The van der Waals surface area contributed by atoms with Gasteiger partial charge in [0.1, 0.15) is 30.4 Å². The van der Waals surface area contributed by atoms with E-state index in [-0.39, 0.29) is 36.9 Å². The first-order valence-corrected chi connectivity index (χ1v) is 8.50. The van der Waals surface area contributed by atoms with Crippen LogP contribution in [-0.2, 0) is 17.9 Å². The van der Waals surface area contributed by atoms with Crippen LogP contribution in [0, 0.1) is 10.1 Å². The van der Waals surface area contributed by atoms with Gasteiger partial charge in [0.05, 0.1) is 25.0 Å². The van der Waals surface area contributed by atoms with Crippen LogP contribution in [-0.4, -0.2) is 48.5 Å². The van der Waals surface area contributed by atoms with Crippen molar-refractivity contribution >= 4 is 5.82 Å². The molecule has 0 saturated carbocycles. The van der Waals surface area contributed by atoms with Crippen molar-refractivity contribution in [3.8, 4) is 17.4 Å². The summed E-state index contributed by atoms with van der Waals surface area (Å²) in [4.78, 5) is 13.9. The van der Waals surface area contributed by atoms with Crippen LogP contribution in [0.4, 0.5) is 19.0 Å². The van der Waals surface area contributed by atoms with E-state index in [9.17, 15) is 23.3 Å². The minimum atomic E-state index is -4.76. The van der Waals surface area contributed by atoms with Crippen LogP contribution in [0.5, 0.6) is 11.8 Å². The molecule has 3 aromatic rings. The van der Waals surface area contributed by atoms with Gasteiger partial charge in [-0.2, -0.15) is 0 Å². The third kappa shape index (κ3) is 4.48. The third-order valence-electron chi connectivity index (χ3n) is 4.06. The van der Waals surface area contributed by atoms with Gasteiger partial charge in [-0.15, -0.1) is 18.3 Å². The highest BCUT2D eigenvalue weighted by molar-refractivity contribution is 5.36. The Bertz CT molecular complexity index is 1050. The Morgan fingerprint density at radius 2 is 2.03 bits per heavy atom. The van der Waals surface area contributed by atoms with E-state index in [0.717, 1.165) is 0 Å². The summed E-state index contributed by atoms with van der Waals surface area (Å²) in [6.45, 7) is 0.587. The summed E-state index contributed by atoms with van der Waals surface area (Å²) in [5.74, 6) is -0.647. The highest BCUT2D eigenvalue weighted by Crippen LogP contribution is 2.24. The topological polar surface area (TPSA) is 119 Å². The molecule has 0 saturated heterocycles. The van der Waals surface area contributed by atoms with Gasteiger partial charge in [-0.3, -0.25) is 4.57 Å². The van der Waals surface area contributed by atoms with E-state index < -0.39 is 11.3 Å². The number of hydrogen-bond acceptors (Lipinski definition) is 8. The fourth-order valence-corrected chi connectivity index (χ4v) is 2.75. The predicted molar refractivity (Wildman–Crippen MR) is 91.0 cm³/mol. The number of aromatic nitrogens is 5. The van der Waals surface area contributed by atoms with E-state index in [2.05, 4.69) is 20.0 Å². The number of rotatable bonds is 6. The second-order valence-corrected chi connectivity index (χ2v) is 6.23. The number of ether oxygens (including phenoxy) is 3. The van der Waals surface area contributed by atoms with E-state index in [1.807, 2.05) is 0 Å². The molecular formula is C16H13F3N6O5. The number of imidazole rings is 1. The summed E-state index contributed by atoms with van der Waals surface area (Å²) in [6.07, 6.45) is -2.30. The number of benzene rings is 1. The Morgan fingerprint density at radius 3 is 2.73 bits per heavy atom. The molecule has 0 spiro atoms. The summed E-state index contributed by atoms with van der Waals surface area (Å²) in [6, 6.07) is 5.31. The van der Waals surface area contributed by atoms with Gasteiger partial charge in [0, 0.05) is 4.98 Å². The van der Waals surface area contributed by atoms with Crippen LogP contribution >= 0.6 is 0 Å². The molecule has 3 heterocycles. The molecule has 1 aromatic carbocycles. The molecule has 0 unspecified atom stereocenters. The maximum absolute atomic E-state index is 12.2. The second kappa shape index (κ2) is 7.62. The van der Waals surface area contributed by atoms with Crippen LogP contribution in [0.25, 0.3) is 5.69 Å². The molecule has 0 N–H and O–H groups in total. The first-order valence-electron chi connectivity index (χ1n) is 8.50. The lowest BCUT2D eigenvalue weighted by atomic mass is 10.3. The number of halogens is 3. The van der Waals surface area contributed by atoms with Crippen molar-refractivity contribution < 1.29 is 32.3 Å². The first-order chi connectivity index (χ1) is 14.3. The van der Waals surface area contributed by atoms with Crippen molar-refractivity contribution in [3.05, 3.63) is 52.5 Å². The summed E-state index contributed by atoms with van der Waals surface area (Å²) < 4.78 is 54.4. The quantitative estimate of drug-likeness (QED) is 0.435. The lowest BCUT2D eigenvalue weighted by Gasteiger charge is -2.21. The largest absolute Gasteiger partial charge is 0.573 e. The van der Waals surface area contributed by atoms with Gasteiger partial charge in [0.15, 0.2) is 0 Å². The first kappa shape index (κ1) is 19.6. The maximum atomic E-state index is 12.2. The zero-order chi connectivity index (χ0) is 21.3. The number of nitro groups is 1. The zero-order valence-corrected chi connectivity index (χ0v) is 15.0. The van der Waals surface area contributed by atoms with Gasteiger partial charge in [-0.25, -0.2) is 4.68 Å². The Kier molecular flexibility index (Phi) is 4.99.